The molecule has 0 atom stereocenters. The third-order valence-corrected chi connectivity index (χ3v) is 9.14. The Balaban J connectivity index is 1.70. The summed E-state index contributed by atoms with van der Waals surface area (Å²) in [7, 11) is 1.70. The fraction of sp³-hybridized carbons (Fsp3) is 0.217. The number of azo groups is 1. The number of hydrogen-bond donors (Lipinski definition) is 1. The van der Waals surface area contributed by atoms with Crippen molar-refractivity contribution >= 4 is 46.8 Å². The van der Waals surface area contributed by atoms with E-state index in [1.807, 2.05) is 43.3 Å². The van der Waals surface area contributed by atoms with Crippen molar-refractivity contribution in [3.8, 4) is 0 Å². The number of anilines is 2. The van der Waals surface area contributed by atoms with Crippen LogP contribution in [0.15, 0.2) is 87.9 Å². The lowest BCUT2D eigenvalue weighted by molar-refractivity contribution is 0.140. The Hall–Kier alpha value is -3.09. The van der Waals surface area contributed by atoms with Gasteiger partial charge in [0, 0.05) is 52.0 Å². The first-order chi connectivity index (χ1) is 16.2. The Labute approximate surface area is 201 Å². The van der Waals surface area contributed by atoms with Gasteiger partial charge in [-0.1, -0.05) is 12.1 Å². The van der Waals surface area contributed by atoms with Crippen molar-refractivity contribution < 1.29 is 21.7 Å². The van der Waals surface area contributed by atoms with Crippen molar-refractivity contribution in [2.75, 3.05) is 45.0 Å². The van der Waals surface area contributed by atoms with Crippen molar-refractivity contribution in [3.05, 3.63) is 72.8 Å². The lowest BCUT2D eigenvalue weighted by Gasteiger charge is -2.24. The highest BCUT2D eigenvalue weighted by molar-refractivity contribution is 7.92. The van der Waals surface area contributed by atoms with Crippen LogP contribution in [0, 0.1) is 0 Å². The van der Waals surface area contributed by atoms with Crippen molar-refractivity contribution in [3.63, 3.8) is 0 Å². The average Bonchev–Trinajstić information content (AvgIpc) is 2.85. The third kappa shape index (κ3) is 5.87. The summed E-state index contributed by atoms with van der Waals surface area (Å²) >= 11 is 0. The van der Waals surface area contributed by atoms with Gasteiger partial charge in [0.15, 0.2) is 0 Å². The molecule has 34 heavy (non-hydrogen) atoms. The van der Waals surface area contributed by atoms with E-state index in [-0.39, 0.29) is 4.90 Å². The maximum absolute atomic E-state index is 12.8. The van der Waals surface area contributed by atoms with E-state index < -0.39 is 18.8 Å². The fourth-order valence-electron chi connectivity index (χ4n) is 3.18. The van der Waals surface area contributed by atoms with Gasteiger partial charge in [0.05, 0.1) is 16.3 Å². The molecule has 0 aliphatic rings. The zero-order valence-electron chi connectivity index (χ0n) is 19.7. The molecule has 0 saturated carbocycles. The first-order valence-electron chi connectivity index (χ1n) is 10.3. The zero-order valence-corrected chi connectivity index (χ0v) is 21.5. The van der Waals surface area contributed by atoms with Gasteiger partial charge in [-0.25, -0.2) is 8.42 Å². The molecule has 0 unspecified atom stereocenters. The van der Waals surface area contributed by atoms with E-state index in [0.29, 0.717) is 22.2 Å². The molecule has 0 bridgehead atoms. The quantitative estimate of drug-likeness (QED) is 0.333. The average molecular weight is 501 g/mol. The largest absolute Gasteiger partial charge is 0.536 e. The van der Waals surface area contributed by atoms with Gasteiger partial charge in [-0.3, -0.25) is 4.72 Å². The molecule has 0 spiro atoms. The third-order valence-electron chi connectivity index (χ3n) is 5.09. The summed E-state index contributed by atoms with van der Waals surface area (Å²) in [5, 5.41) is 9.10. The number of hydrogen-bond acceptors (Lipinski definition) is 8. The van der Waals surface area contributed by atoms with Crippen LogP contribution < -0.4 is 14.8 Å². The molecule has 180 valence electrons. The molecule has 0 heterocycles. The predicted molar refractivity (Wildman–Crippen MR) is 135 cm³/mol. The normalized spacial score (nSPS) is 12.1. The molecule has 3 aromatic rings. The first kappa shape index (κ1) is 25.5. The monoisotopic (exact) mass is 500 g/mol. The minimum absolute atomic E-state index is 0.111. The van der Waals surface area contributed by atoms with Gasteiger partial charge in [0.25, 0.3) is 10.0 Å². The van der Waals surface area contributed by atoms with E-state index in [1.165, 1.54) is 33.5 Å². The number of nitrogens with one attached hydrogen (secondary N) is 1. The van der Waals surface area contributed by atoms with Crippen molar-refractivity contribution in [2.24, 2.45) is 10.2 Å². The van der Waals surface area contributed by atoms with Gasteiger partial charge in [0.1, 0.15) is 0 Å². The van der Waals surface area contributed by atoms with Crippen molar-refractivity contribution in [2.45, 2.75) is 4.90 Å². The molecule has 0 amide bonds. The molecular formula is C23H28N4O5SSi. The fourth-order valence-corrected chi connectivity index (χ4v) is 6.03. The van der Waals surface area contributed by atoms with Crippen LogP contribution >= 0.6 is 0 Å². The van der Waals surface area contributed by atoms with Crippen LogP contribution in [0.5, 0.6) is 0 Å². The second kappa shape index (κ2) is 10.9. The Bertz CT molecular complexity index is 1200. The standard InChI is InChI=1S/C23H28N4O5SSi/c1-27(2)21-12-6-18(7-13-21)24-25-19-8-14-22(15-9-19)33(28,29)26-20-10-16-23(17-11-20)34(30-3,31-4)32-5/h6-17,26H,1-5H3/b25-24+. The highest BCUT2D eigenvalue weighted by Gasteiger charge is 2.40. The Morgan fingerprint density at radius 2 is 1.21 bits per heavy atom. The zero-order chi connectivity index (χ0) is 24.8. The summed E-state index contributed by atoms with van der Waals surface area (Å²) in [5.41, 5.74) is 2.71. The minimum Gasteiger partial charge on any atom is -0.378 e. The Morgan fingerprint density at radius 3 is 1.65 bits per heavy atom. The SMILES string of the molecule is CO[Si](OC)(OC)c1ccc(NS(=O)(=O)c2ccc(/N=N/c3ccc(N(C)C)cc3)cc2)cc1. The molecule has 0 radical (unpaired) electrons. The summed E-state index contributed by atoms with van der Waals surface area (Å²) in [6.07, 6.45) is 0. The van der Waals surface area contributed by atoms with E-state index in [9.17, 15) is 8.42 Å². The number of rotatable bonds is 10. The van der Waals surface area contributed by atoms with E-state index in [2.05, 4.69) is 15.0 Å². The summed E-state index contributed by atoms with van der Waals surface area (Å²) < 4.78 is 44.5. The molecule has 3 aromatic carbocycles. The van der Waals surface area contributed by atoms with Gasteiger partial charge < -0.3 is 18.2 Å². The van der Waals surface area contributed by atoms with Gasteiger partial charge in [0.2, 0.25) is 0 Å². The Morgan fingerprint density at radius 1 is 0.735 bits per heavy atom. The molecule has 0 aliphatic carbocycles. The summed E-state index contributed by atoms with van der Waals surface area (Å²) in [6.45, 7) is 0. The van der Waals surface area contributed by atoms with Crippen LogP contribution in [0.4, 0.5) is 22.7 Å². The second-order valence-corrected chi connectivity index (χ2v) is 12.1. The molecule has 3 rings (SSSR count). The smallest absolute Gasteiger partial charge is 0.378 e. The molecule has 0 aromatic heterocycles. The molecule has 0 fully saturated rings. The van der Waals surface area contributed by atoms with Gasteiger partial charge >= 0.3 is 8.80 Å². The molecule has 0 saturated heterocycles. The number of sulfonamides is 1. The second-order valence-electron chi connectivity index (χ2n) is 7.46. The molecular weight excluding hydrogens is 472 g/mol. The summed E-state index contributed by atoms with van der Waals surface area (Å²) in [5.74, 6) is 0. The van der Waals surface area contributed by atoms with Gasteiger partial charge in [-0.05, 0) is 60.7 Å². The number of nitrogens with zero attached hydrogens (tertiary/aromatic N) is 3. The van der Waals surface area contributed by atoms with E-state index >= 15 is 0 Å². The molecule has 9 nitrogen and oxygen atoms in total. The lowest BCUT2D eigenvalue weighted by Crippen LogP contribution is -2.54. The van der Waals surface area contributed by atoms with Crippen LogP contribution in [-0.2, 0) is 23.3 Å². The maximum atomic E-state index is 12.8. The first-order valence-corrected chi connectivity index (χ1v) is 13.5. The summed E-state index contributed by atoms with van der Waals surface area (Å²) in [4.78, 5) is 2.11. The van der Waals surface area contributed by atoms with E-state index in [1.54, 1.807) is 36.4 Å². The summed E-state index contributed by atoms with van der Waals surface area (Å²) in [6, 6.07) is 20.5. The van der Waals surface area contributed by atoms with Gasteiger partial charge in [-0.2, -0.15) is 10.2 Å². The van der Waals surface area contributed by atoms with Crippen LogP contribution in [0.3, 0.4) is 0 Å². The minimum atomic E-state index is -3.78. The van der Waals surface area contributed by atoms with Gasteiger partial charge in [-0.15, -0.1) is 0 Å². The van der Waals surface area contributed by atoms with Crippen LogP contribution in [0.25, 0.3) is 0 Å². The maximum Gasteiger partial charge on any atom is 0.536 e. The van der Waals surface area contributed by atoms with Crippen LogP contribution in [-0.4, -0.2) is 52.6 Å². The van der Waals surface area contributed by atoms with Crippen molar-refractivity contribution in [1.29, 1.82) is 0 Å². The molecule has 0 aliphatic heterocycles. The highest BCUT2D eigenvalue weighted by atomic mass is 32.2. The van der Waals surface area contributed by atoms with Crippen LogP contribution in [0.2, 0.25) is 0 Å². The molecule has 1 N–H and O–H groups in total. The van der Waals surface area contributed by atoms with E-state index in [0.717, 1.165) is 5.69 Å². The predicted octanol–water partition coefficient (Wildman–Crippen LogP) is 4.05. The lowest BCUT2D eigenvalue weighted by atomic mass is 10.3. The van der Waals surface area contributed by atoms with Crippen LogP contribution in [0.1, 0.15) is 0 Å². The Kier molecular flexibility index (Phi) is 8.18. The van der Waals surface area contributed by atoms with E-state index in [4.69, 9.17) is 13.3 Å². The highest BCUT2D eigenvalue weighted by Crippen LogP contribution is 2.23. The molecule has 11 heteroatoms. The topological polar surface area (TPSA) is 102 Å². The van der Waals surface area contributed by atoms with Crippen molar-refractivity contribution in [1.82, 2.24) is 0 Å². The number of benzene rings is 3.